The topological polar surface area (TPSA) is 70.8 Å². The molecule has 1 amide bonds. The number of carbonyl (C=O) groups is 1. The highest BCUT2D eigenvalue weighted by atomic mass is 32.2. The fourth-order valence-electron chi connectivity index (χ4n) is 2.96. The van der Waals surface area contributed by atoms with Gasteiger partial charge in [0.05, 0.1) is 12.0 Å². The zero-order chi connectivity index (χ0) is 17.7. The molecule has 0 N–H and O–H groups in total. The molecule has 1 aliphatic heterocycles. The Labute approximate surface area is 148 Å². The number of piperazine rings is 1. The van der Waals surface area contributed by atoms with Crippen molar-refractivity contribution in [2.45, 2.75) is 12.8 Å². The molecule has 134 valence electrons. The fraction of sp³-hybridized carbons (Fsp3) is 0.389. The van der Waals surface area contributed by atoms with Gasteiger partial charge in [0, 0.05) is 26.2 Å². The average molecular weight is 362 g/mol. The molecule has 1 aromatic carbocycles. The Morgan fingerprint density at radius 1 is 1.00 bits per heavy atom. The number of amides is 1. The summed E-state index contributed by atoms with van der Waals surface area (Å²) in [6, 6.07) is 13.2. The van der Waals surface area contributed by atoms with E-state index < -0.39 is 10.0 Å². The highest BCUT2D eigenvalue weighted by Gasteiger charge is 2.29. The molecular weight excluding hydrogens is 340 g/mol. The van der Waals surface area contributed by atoms with Gasteiger partial charge in [-0.05, 0) is 30.5 Å². The smallest absolute Gasteiger partial charge is 0.289 e. The standard InChI is InChI=1S/C18H22N2O4S/c21-18(17-9-4-14-24-17)19-10-12-20(13-11-19)25(22,23)15-5-8-16-6-2-1-3-7-16/h1-4,6-7,9,14H,5,8,10-13,15H2. The molecule has 0 spiro atoms. The van der Waals surface area contributed by atoms with Gasteiger partial charge in [0.25, 0.3) is 5.91 Å². The first-order chi connectivity index (χ1) is 12.1. The molecule has 3 rings (SSSR count). The van der Waals surface area contributed by atoms with Crippen LogP contribution >= 0.6 is 0 Å². The first kappa shape index (κ1) is 17.7. The van der Waals surface area contributed by atoms with Crippen molar-refractivity contribution in [2.24, 2.45) is 0 Å². The molecule has 2 aromatic rings. The number of furan rings is 1. The summed E-state index contributed by atoms with van der Waals surface area (Å²) in [4.78, 5) is 13.8. The van der Waals surface area contributed by atoms with Gasteiger partial charge in [-0.15, -0.1) is 0 Å². The summed E-state index contributed by atoms with van der Waals surface area (Å²) in [5, 5.41) is 0. The SMILES string of the molecule is O=C(c1ccco1)N1CCN(S(=O)(=O)CCCc2ccccc2)CC1. The number of rotatable bonds is 6. The predicted octanol–water partition coefficient (Wildman–Crippen LogP) is 2.00. The summed E-state index contributed by atoms with van der Waals surface area (Å²) in [5.74, 6) is 0.235. The van der Waals surface area contributed by atoms with Gasteiger partial charge in [-0.3, -0.25) is 4.79 Å². The number of benzene rings is 1. The van der Waals surface area contributed by atoms with E-state index in [9.17, 15) is 13.2 Å². The first-order valence-corrected chi connectivity index (χ1v) is 10.0. The lowest BCUT2D eigenvalue weighted by atomic mass is 10.1. The summed E-state index contributed by atoms with van der Waals surface area (Å²) in [6.45, 7) is 1.44. The van der Waals surface area contributed by atoms with E-state index >= 15 is 0 Å². The zero-order valence-corrected chi connectivity index (χ0v) is 14.8. The van der Waals surface area contributed by atoms with Crippen LogP contribution in [0.3, 0.4) is 0 Å². The van der Waals surface area contributed by atoms with Crippen LogP contribution in [0.25, 0.3) is 0 Å². The van der Waals surface area contributed by atoms with E-state index in [0.717, 1.165) is 12.0 Å². The van der Waals surface area contributed by atoms with Crippen LogP contribution in [0.4, 0.5) is 0 Å². The van der Waals surface area contributed by atoms with Crippen LogP contribution in [0.1, 0.15) is 22.5 Å². The predicted molar refractivity (Wildman–Crippen MR) is 94.7 cm³/mol. The molecule has 1 fully saturated rings. The van der Waals surface area contributed by atoms with Gasteiger partial charge >= 0.3 is 0 Å². The molecule has 0 bridgehead atoms. The van der Waals surface area contributed by atoms with E-state index in [4.69, 9.17) is 4.42 Å². The van der Waals surface area contributed by atoms with Crippen molar-refractivity contribution < 1.29 is 17.6 Å². The van der Waals surface area contributed by atoms with Gasteiger partial charge in [-0.25, -0.2) is 8.42 Å². The van der Waals surface area contributed by atoms with Crippen LogP contribution < -0.4 is 0 Å². The Kier molecular flexibility index (Phi) is 5.55. The van der Waals surface area contributed by atoms with Gasteiger partial charge < -0.3 is 9.32 Å². The molecule has 0 atom stereocenters. The molecule has 1 saturated heterocycles. The van der Waals surface area contributed by atoms with E-state index in [-0.39, 0.29) is 11.7 Å². The minimum atomic E-state index is -3.28. The van der Waals surface area contributed by atoms with E-state index in [0.29, 0.717) is 38.4 Å². The molecule has 2 heterocycles. The minimum Gasteiger partial charge on any atom is -0.459 e. The largest absolute Gasteiger partial charge is 0.459 e. The second kappa shape index (κ2) is 7.84. The Balaban J connectivity index is 1.48. The summed E-state index contributed by atoms with van der Waals surface area (Å²) < 4.78 is 31.6. The Morgan fingerprint density at radius 3 is 2.36 bits per heavy atom. The van der Waals surface area contributed by atoms with Gasteiger partial charge in [-0.1, -0.05) is 30.3 Å². The highest BCUT2D eigenvalue weighted by molar-refractivity contribution is 7.89. The molecular formula is C18H22N2O4S. The first-order valence-electron chi connectivity index (χ1n) is 8.41. The summed E-state index contributed by atoms with van der Waals surface area (Å²) in [6.07, 6.45) is 2.80. The number of nitrogens with zero attached hydrogens (tertiary/aromatic N) is 2. The number of aryl methyl sites for hydroxylation is 1. The summed E-state index contributed by atoms with van der Waals surface area (Å²) >= 11 is 0. The lowest BCUT2D eigenvalue weighted by molar-refractivity contribution is 0.0666. The number of sulfonamides is 1. The highest BCUT2D eigenvalue weighted by Crippen LogP contribution is 2.13. The normalized spacial score (nSPS) is 16.1. The van der Waals surface area contributed by atoms with Crippen LogP contribution in [0, 0.1) is 0 Å². The molecule has 0 unspecified atom stereocenters. The van der Waals surface area contributed by atoms with Crippen molar-refractivity contribution in [3.05, 3.63) is 60.1 Å². The lowest BCUT2D eigenvalue weighted by Gasteiger charge is -2.33. The van der Waals surface area contributed by atoms with Crippen LogP contribution in [0.2, 0.25) is 0 Å². The Hall–Kier alpha value is -2.12. The number of hydrogen-bond donors (Lipinski definition) is 0. The molecule has 0 saturated carbocycles. The second-order valence-corrected chi connectivity index (χ2v) is 8.16. The third-order valence-corrected chi connectivity index (χ3v) is 6.32. The molecule has 0 aliphatic carbocycles. The van der Waals surface area contributed by atoms with E-state index in [1.165, 1.54) is 10.6 Å². The molecule has 6 nitrogen and oxygen atoms in total. The maximum Gasteiger partial charge on any atom is 0.289 e. The number of hydrogen-bond acceptors (Lipinski definition) is 4. The fourth-order valence-corrected chi connectivity index (χ4v) is 4.44. The zero-order valence-electron chi connectivity index (χ0n) is 14.0. The lowest BCUT2D eigenvalue weighted by Crippen LogP contribution is -2.51. The van der Waals surface area contributed by atoms with Crippen molar-refractivity contribution in [3.63, 3.8) is 0 Å². The van der Waals surface area contributed by atoms with Crippen LogP contribution in [-0.2, 0) is 16.4 Å². The van der Waals surface area contributed by atoms with Gasteiger partial charge in [-0.2, -0.15) is 4.31 Å². The van der Waals surface area contributed by atoms with Crippen molar-refractivity contribution in [1.82, 2.24) is 9.21 Å². The van der Waals surface area contributed by atoms with Crippen molar-refractivity contribution >= 4 is 15.9 Å². The second-order valence-electron chi connectivity index (χ2n) is 6.07. The third kappa shape index (κ3) is 4.49. The average Bonchev–Trinajstić information content (AvgIpc) is 3.17. The Bertz CT molecular complexity index is 780. The minimum absolute atomic E-state index is 0.133. The molecule has 1 aromatic heterocycles. The van der Waals surface area contributed by atoms with Crippen molar-refractivity contribution in [1.29, 1.82) is 0 Å². The van der Waals surface area contributed by atoms with Crippen molar-refractivity contribution in [3.8, 4) is 0 Å². The monoisotopic (exact) mass is 362 g/mol. The molecule has 1 aliphatic rings. The Morgan fingerprint density at radius 2 is 1.72 bits per heavy atom. The van der Waals surface area contributed by atoms with E-state index in [2.05, 4.69) is 0 Å². The maximum absolute atomic E-state index is 12.5. The molecule has 25 heavy (non-hydrogen) atoms. The van der Waals surface area contributed by atoms with Gasteiger partial charge in [0.15, 0.2) is 5.76 Å². The van der Waals surface area contributed by atoms with E-state index in [1.807, 2.05) is 30.3 Å². The van der Waals surface area contributed by atoms with Crippen LogP contribution in [-0.4, -0.2) is 55.5 Å². The van der Waals surface area contributed by atoms with Crippen LogP contribution in [0.15, 0.2) is 53.1 Å². The van der Waals surface area contributed by atoms with Crippen molar-refractivity contribution in [2.75, 3.05) is 31.9 Å². The summed E-state index contributed by atoms with van der Waals surface area (Å²) in [5.41, 5.74) is 1.14. The third-order valence-electron chi connectivity index (χ3n) is 4.36. The maximum atomic E-state index is 12.5. The number of carbonyl (C=O) groups excluding carboxylic acids is 1. The molecule has 7 heteroatoms. The van der Waals surface area contributed by atoms with E-state index in [1.54, 1.807) is 17.0 Å². The van der Waals surface area contributed by atoms with Crippen LogP contribution in [0.5, 0.6) is 0 Å². The summed E-state index contributed by atoms with van der Waals surface area (Å²) in [7, 11) is -3.28. The van der Waals surface area contributed by atoms with Gasteiger partial charge in [0.2, 0.25) is 10.0 Å². The quantitative estimate of drug-likeness (QED) is 0.788. The van der Waals surface area contributed by atoms with Gasteiger partial charge in [0.1, 0.15) is 0 Å². The molecule has 0 radical (unpaired) electrons.